The first-order valence-corrected chi connectivity index (χ1v) is 7.57. The van der Waals surface area contributed by atoms with E-state index in [1.165, 1.54) is 36.4 Å². The summed E-state index contributed by atoms with van der Waals surface area (Å²) >= 11 is 0. The van der Waals surface area contributed by atoms with E-state index in [0.29, 0.717) is 5.56 Å². The van der Waals surface area contributed by atoms with Crippen LogP contribution in [0.15, 0.2) is 36.4 Å². The lowest BCUT2D eigenvalue weighted by molar-refractivity contribution is -0.384. The molecule has 0 saturated carbocycles. The quantitative estimate of drug-likeness (QED) is 0.592. The molecular formula is C17H19F2N3O3. The van der Waals surface area contributed by atoms with Crippen LogP contribution in [-0.2, 0) is 6.61 Å². The molecule has 134 valence electrons. The third-order valence-corrected chi connectivity index (χ3v) is 3.88. The van der Waals surface area contributed by atoms with Crippen LogP contribution in [0.3, 0.4) is 0 Å². The van der Waals surface area contributed by atoms with Gasteiger partial charge in [-0.05, 0) is 43.9 Å². The Kier molecular flexibility index (Phi) is 6.00. The molecule has 25 heavy (non-hydrogen) atoms. The van der Waals surface area contributed by atoms with E-state index in [-0.39, 0.29) is 30.1 Å². The number of aliphatic hydroxyl groups excluding tert-OH is 1. The van der Waals surface area contributed by atoms with Crippen LogP contribution in [0, 0.1) is 21.7 Å². The maximum Gasteiger partial charge on any atom is 0.292 e. The van der Waals surface area contributed by atoms with Gasteiger partial charge in [-0.25, -0.2) is 8.78 Å². The van der Waals surface area contributed by atoms with Gasteiger partial charge < -0.3 is 15.3 Å². The molecule has 0 radical (unpaired) electrons. The summed E-state index contributed by atoms with van der Waals surface area (Å²) in [6.07, 6.45) is 0. The van der Waals surface area contributed by atoms with Gasteiger partial charge in [0.15, 0.2) is 0 Å². The lowest BCUT2D eigenvalue weighted by atomic mass is 10.0. The topological polar surface area (TPSA) is 78.6 Å². The fourth-order valence-corrected chi connectivity index (χ4v) is 2.56. The standard InChI is InChI=1S/C17H19F2N3O3/c1-21(2)16(17-12(18)4-3-5-13(17)19)9-20-14-8-11(10-23)6-7-15(14)22(24)25/h3-8,16,20,23H,9-10H2,1-2H3. The van der Waals surface area contributed by atoms with Gasteiger partial charge in [-0.3, -0.25) is 10.1 Å². The molecule has 0 aromatic heterocycles. The number of benzene rings is 2. The normalized spacial score (nSPS) is 12.2. The first-order valence-electron chi connectivity index (χ1n) is 7.57. The number of rotatable bonds is 7. The zero-order chi connectivity index (χ0) is 18.6. The van der Waals surface area contributed by atoms with E-state index in [1.807, 2.05) is 0 Å². The van der Waals surface area contributed by atoms with Crippen molar-refractivity contribution in [2.24, 2.45) is 0 Å². The second kappa shape index (κ2) is 8.00. The average Bonchev–Trinajstić information content (AvgIpc) is 2.56. The summed E-state index contributed by atoms with van der Waals surface area (Å²) in [5.41, 5.74) is 0.386. The van der Waals surface area contributed by atoms with E-state index in [4.69, 9.17) is 0 Å². The Hall–Kier alpha value is -2.58. The van der Waals surface area contributed by atoms with Gasteiger partial charge in [0, 0.05) is 18.2 Å². The largest absolute Gasteiger partial charge is 0.392 e. The van der Waals surface area contributed by atoms with Crippen molar-refractivity contribution >= 4 is 11.4 Å². The van der Waals surface area contributed by atoms with Crippen molar-refractivity contribution < 1.29 is 18.8 Å². The van der Waals surface area contributed by atoms with E-state index in [9.17, 15) is 24.0 Å². The first kappa shape index (κ1) is 18.8. The minimum Gasteiger partial charge on any atom is -0.392 e. The van der Waals surface area contributed by atoms with Gasteiger partial charge in [-0.2, -0.15) is 0 Å². The fraction of sp³-hybridized carbons (Fsp3) is 0.294. The molecule has 6 nitrogen and oxygen atoms in total. The van der Waals surface area contributed by atoms with Crippen LogP contribution in [0.2, 0.25) is 0 Å². The molecule has 0 amide bonds. The van der Waals surface area contributed by atoms with Crippen LogP contribution in [0.1, 0.15) is 17.2 Å². The number of hydrogen-bond acceptors (Lipinski definition) is 5. The Morgan fingerprint density at radius 1 is 1.24 bits per heavy atom. The van der Waals surface area contributed by atoms with Gasteiger partial charge in [-0.15, -0.1) is 0 Å². The monoisotopic (exact) mass is 351 g/mol. The summed E-state index contributed by atoms with van der Waals surface area (Å²) in [5, 5.41) is 23.2. The molecule has 8 heteroatoms. The molecule has 0 aliphatic rings. The van der Waals surface area contributed by atoms with E-state index in [1.54, 1.807) is 19.0 Å². The maximum atomic E-state index is 14.1. The summed E-state index contributed by atoms with van der Waals surface area (Å²) in [7, 11) is 3.33. The maximum absolute atomic E-state index is 14.1. The summed E-state index contributed by atoms with van der Waals surface area (Å²) in [5.74, 6) is -1.36. The Morgan fingerprint density at radius 2 is 1.88 bits per heavy atom. The second-order valence-electron chi connectivity index (χ2n) is 5.76. The number of nitrogens with zero attached hydrogens (tertiary/aromatic N) is 2. The van der Waals surface area contributed by atoms with Crippen LogP contribution >= 0.6 is 0 Å². The summed E-state index contributed by atoms with van der Waals surface area (Å²) < 4.78 is 28.2. The predicted octanol–water partition coefficient (Wildman–Crippen LogP) is 3.08. The minimum atomic E-state index is -0.682. The summed E-state index contributed by atoms with van der Waals surface area (Å²) in [6, 6.07) is 7.12. The molecule has 0 heterocycles. The number of hydrogen-bond donors (Lipinski definition) is 2. The molecule has 0 saturated heterocycles. The second-order valence-corrected chi connectivity index (χ2v) is 5.76. The third kappa shape index (κ3) is 4.28. The molecule has 0 bridgehead atoms. The van der Waals surface area contributed by atoms with Gasteiger partial charge in [0.25, 0.3) is 5.69 Å². The van der Waals surface area contributed by atoms with Gasteiger partial charge in [0.2, 0.25) is 0 Å². The molecule has 0 spiro atoms. The molecule has 2 N–H and O–H groups in total. The van der Waals surface area contributed by atoms with Crippen molar-refractivity contribution in [3.8, 4) is 0 Å². The van der Waals surface area contributed by atoms with Gasteiger partial charge in [0.05, 0.1) is 17.6 Å². The number of anilines is 1. The smallest absolute Gasteiger partial charge is 0.292 e. The van der Waals surface area contributed by atoms with Crippen molar-refractivity contribution in [1.82, 2.24) is 4.90 Å². The molecule has 1 unspecified atom stereocenters. The Balaban J connectivity index is 2.32. The highest BCUT2D eigenvalue weighted by atomic mass is 19.1. The highest BCUT2D eigenvalue weighted by Crippen LogP contribution is 2.29. The molecule has 2 rings (SSSR count). The zero-order valence-corrected chi connectivity index (χ0v) is 13.9. The van der Waals surface area contributed by atoms with Crippen LogP contribution in [-0.4, -0.2) is 35.6 Å². The van der Waals surface area contributed by atoms with Crippen molar-refractivity contribution in [1.29, 1.82) is 0 Å². The van der Waals surface area contributed by atoms with Gasteiger partial charge in [-0.1, -0.05) is 6.07 Å². The molecular weight excluding hydrogens is 332 g/mol. The van der Waals surface area contributed by atoms with Crippen LogP contribution in [0.5, 0.6) is 0 Å². The molecule has 2 aromatic carbocycles. The molecule has 0 fully saturated rings. The number of likely N-dealkylation sites (N-methyl/N-ethyl adjacent to an activating group) is 1. The summed E-state index contributed by atoms with van der Waals surface area (Å²) in [6.45, 7) is -0.230. The van der Waals surface area contributed by atoms with E-state index >= 15 is 0 Å². The van der Waals surface area contributed by atoms with Gasteiger partial charge >= 0.3 is 0 Å². The highest BCUT2D eigenvalue weighted by Gasteiger charge is 2.23. The number of nitro benzene ring substituents is 1. The van der Waals surface area contributed by atoms with Crippen LogP contribution in [0.4, 0.5) is 20.2 Å². The fourth-order valence-electron chi connectivity index (χ4n) is 2.56. The van der Waals surface area contributed by atoms with Gasteiger partial charge in [0.1, 0.15) is 17.3 Å². The summed E-state index contributed by atoms with van der Waals surface area (Å²) in [4.78, 5) is 12.2. The van der Waals surface area contributed by atoms with E-state index in [0.717, 1.165) is 0 Å². The van der Waals surface area contributed by atoms with Crippen molar-refractivity contribution in [3.05, 3.63) is 69.3 Å². The van der Waals surface area contributed by atoms with E-state index < -0.39 is 22.6 Å². The molecule has 2 aromatic rings. The van der Waals surface area contributed by atoms with Crippen molar-refractivity contribution in [2.45, 2.75) is 12.6 Å². The number of nitro groups is 1. The molecule has 0 aliphatic heterocycles. The zero-order valence-electron chi connectivity index (χ0n) is 13.9. The van der Waals surface area contributed by atoms with E-state index in [2.05, 4.69) is 5.32 Å². The average molecular weight is 351 g/mol. The number of halogens is 2. The van der Waals surface area contributed by atoms with Crippen LogP contribution in [0.25, 0.3) is 0 Å². The first-order chi connectivity index (χ1) is 11.8. The van der Waals surface area contributed by atoms with Crippen molar-refractivity contribution in [2.75, 3.05) is 26.0 Å². The molecule has 1 atom stereocenters. The molecule has 0 aliphatic carbocycles. The lowest BCUT2D eigenvalue weighted by Gasteiger charge is -2.26. The highest BCUT2D eigenvalue weighted by molar-refractivity contribution is 5.63. The van der Waals surface area contributed by atoms with Crippen molar-refractivity contribution in [3.63, 3.8) is 0 Å². The van der Waals surface area contributed by atoms with Crippen LogP contribution < -0.4 is 5.32 Å². The Labute approximate surface area is 143 Å². The number of nitrogens with one attached hydrogen (secondary N) is 1. The lowest BCUT2D eigenvalue weighted by Crippen LogP contribution is -2.28. The number of aliphatic hydroxyl groups is 1. The minimum absolute atomic E-state index is 0.0422. The predicted molar refractivity (Wildman–Crippen MR) is 90.3 cm³/mol. The Bertz CT molecular complexity index is 749. The third-order valence-electron chi connectivity index (χ3n) is 3.88. The Morgan fingerprint density at radius 3 is 2.40 bits per heavy atom. The SMILES string of the molecule is CN(C)C(CNc1cc(CO)ccc1[N+](=O)[O-])c1c(F)cccc1F.